The lowest BCUT2D eigenvalue weighted by Crippen LogP contribution is -2.32. The molecule has 0 saturated heterocycles. The van der Waals surface area contributed by atoms with Crippen LogP contribution < -0.4 is 10.9 Å². The van der Waals surface area contributed by atoms with Gasteiger partial charge >= 0.3 is 0 Å². The first-order valence-electron chi connectivity index (χ1n) is 5.56. The first-order valence-corrected chi connectivity index (χ1v) is 5.93. The lowest BCUT2D eigenvalue weighted by atomic mass is 10.0. The molecule has 5 heteroatoms. The number of halogens is 1. The molecule has 94 valence electrons. The zero-order valence-electron chi connectivity index (χ0n) is 10.5. The molecular weight excluding hydrogens is 238 g/mol. The lowest BCUT2D eigenvalue weighted by Gasteiger charge is -2.26. The van der Waals surface area contributed by atoms with Gasteiger partial charge in [-0.25, -0.2) is 4.68 Å². The molecule has 0 aromatic carbocycles. The zero-order valence-corrected chi connectivity index (χ0v) is 11.2. The van der Waals surface area contributed by atoms with Crippen molar-refractivity contribution in [3.63, 3.8) is 0 Å². The number of aromatic nitrogens is 2. The Morgan fingerprint density at radius 1 is 1.65 bits per heavy atom. The van der Waals surface area contributed by atoms with Crippen molar-refractivity contribution in [3.8, 4) is 0 Å². The predicted molar refractivity (Wildman–Crippen MR) is 71.7 cm³/mol. The molecule has 0 amide bonds. The van der Waals surface area contributed by atoms with Crippen LogP contribution in [0, 0.1) is 0 Å². The molecule has 0 aliphatic carbocycles. The van der Waals surface area contributed by atoms with Gasteiger partial charge in [-0.3, -0.25) is 4.79 Å². The van der Waals surface area contributed by atoms with Crippen molar-refractivity contribution in [3.05, 3.63) is 34.2 Å². The van der Waals surface area contributed by atoms with Crippen molar-refractivity contribution in [2.45, 2.75) is 39.3 Å². The van der Waals surface area contributed by atoms with Crippen LogP contribution in [0.5, 0.6) is 0 Å². The summed E-state index contributed by atoms with van der Waals surface area (Å²) >= 11 is 6.03. The smallest absolute Gasteiger partial charge is 0.287 e. The molecule has 0 unspecified atom stereocenters. The van der Waals surface area contributed by atoms with Crippen LogP contribution in [0.3, 0.4) is 0 Å². The number of hydrogen-bond donors (Lipinski definition) is 1. The largest absolute Gasteiger partial charge is 0.378 e. The topological polar surface area (TPSA) is 46.9 Å². The van der Waals surface area contributed by atoms with Crippen LogP contribution in [0.4, 0.5) is 5.69 Å². The van der Waals surface area contributed by atoms with Crippen molar-refractivity contribution in [1.29, 1.82) is 0 Å². The fourth-order valence-electron chi connectivity index (χ4n) is 1.26. The van der Waals surface area contributed by atoms with Crippen LogP contribution in [-0.4, -0.2) is 15.3 Å². The van der Waals surface area contributed by atoms with Gasteiger partial charge in [0.2, 0.25) is 0 Å². The molecule has 0 saturated carbocycles. The Hall–Kier alpha value is -1.29. The van der Waals surface area contributed by atoms with E-state index in [4.69, 9.17) is 11.6 Å². The fourth-order valence-corrected chi connectivity index (χ4v) is 1.45. The van der Waals surface area contributed by atoms with E-state index in [9.17, 15) is 4.79 Å². The number of nitrogens with zero attached hydrogens (tertiary/aromatic N) is 2. The number of anilines is 1. The van der Waals surface area contributed by atoms with Gasteiger partial charge in [0, 0.05) is 5.54 Å². The van der Waals surface area contributed by atoms with Crippen molar-refractivity contribution < 1.29 is 0 Å². The standard InChI is InChI=1S/C12H18ClN3O/c1-5-7-16-11(17)10(13)9(8-14-16)15-12(3,4)6-2/h5,8,15H,1,6-7H2,2-4H3. The van der Waals surface area contributed by atoms with Gasteiger partial charge in [-0.1, -0.05) is 24.6 Å². The maximum absolute atomic E-state index is 11.8. The van der Waals surface area contributed by atoms with E-state index in [0.29, 0.717) is 12.2 Å². The first-order chi connectivity index (χ1) is 7.91. The number of nitrogens with one attached hydrogen (secondary N) is 1. The normalized spacial score (nSPS) is 11.3. The highest BCUT2D eigenvalue weighted by molar-refractivity contribution is 6.32. The van der Waals surface area contributed by atoms with Crippen molar-refractivity contribution in [2.24, 2.45) is 0 Å². The summed E-state index contributed by atoms with van der Waals surface area (Å²) in [5.41, 5.74) is 0.148. The summed E-state index contributed by atoms with van der Waals surface area (Å²) in [7, 11) is 0. The molecule has 4 nitrogen and oxygen atoms in total. The molecule has 0 atom stereocenters. The molecule has 0 fully saturated rings. The van der Waals surface area contributed by atoms with E-state index < -0.39 is 0 Å². The van der Waals surface area contributed by atoms with Gasteiger partial charge in [-0.05, 0) is 20.3 Å². The quantitative estimate of drug-likeness (QED) is 0.823. The van der Waals surface area contributed by atoms with Crippen molar-refractivity contribution in [1.82, 2.24) is 9.78 Å². The van der Waals surface area contributed by atoms with Gasteiger partial charge < -0.3 is 5.32 Å². The van der Waals surface area contributed by atoms with Gasteiger partial charge in [-0.2, -0.15) is 5.10 Å². The van der Waals surface area contributed by atoms with Crippen LogP contribution in [0.25, 0.3) is 0 Å². The maximum atomic E-state index is 11.8. The Kier molecular flexibility index (Phi) is 4.34. The minimum absolute atomic E-state index is 0.123. The van der Waals surface area contributed by atoms with Crippen molar-refractivity contribution >= 4 is 17.3 Å². The summed E-state index contributed by atoms with van der Waals surface area (Å²) in [6.07, 6.45) is 4.09. The van der Waals surface area contributed by atoms with E-state index in [2.05, 4.69) is 23.9 Å². The van der Waals surface area contributed by atoms with E-state index in [0.717, 1.165) is 6.42 Å². The summed E-state index contributed by atoms with van der Waals surface area (Å²) in [4.78, 5) is 11.8. The van der Waals surface area contributed by atoms with Gasteiger partial charge in [-0.15, -0.1) is 6.58 Å². The molecule has 0 radical (unpaired) electrons. The van der Waals surface area contributed by atoms with Gasteiger partial charge in [0.1, 0.15) is 5.02 Å². The summed E-state index contributed by atoms with van der Waals surface area (Å²) in [6.45, 7) is 10.1. The Balaban J connectivity index is 3.09. The van der Waals surface area contributed by atoms with Gasteiger partial charge in [0.05, 0.1) is 18.4 Å². The highest BCUT2D eigenvalue weighted by Crippen LogP contribution is 2.21. The molecule has 1 rings (SSSR count). The predicted octanol–water partition coefficient (Wildman–Crippen LogP) is 2.68. The minimum atomic E-state index is -0.302. The average molecular weight is 256 g/mol. The molecule has 1 aromatic heterocycles. The number of allylic oxidation sites excluding steroid dienone is 1. The molecule has 1 heterocycles. The monoisotopic (exact) mass is 255 g/mol. The van der Waals surface area contributed by atoms with Crippen LogP contribution >= 0.6 is 11.6 Å². The third kappa shape index (κ3) is 3.33. The third-order valence-electron chi connectivity index (χ3n) is 2.64. The summed E-state index contributed by atoms with van der Waals surface area (Å²) < 4.78 is 1.28. The Morgan fingerprint density at radius 3 is 2.82 bits per heavy atom. The molecule has 1 aromatic rings. The Labute approximate surface area is 106 Å². The Bertz CT molecular complexity index is 465. The maximum Gasteiger partial charge on any atom is 0.287 e. The average Bonchev–Trinajstić information content (AvgIpc) is 2.29. The van der Waals surface area contributed by atoms with Gasteiger partial charge in [0.25, 0.3) is 5.56 Å². The fraction of sp³-hybridized carbons (Fsp3) is 0.500. The minimum Gasteiger partial charge on any atom is -0.378 e. The number of hydrogen-bond acceptors (Lipinski definition) is 3. The Morgan fingerprint density at radius 2 is 2.29 bits per heavy atom. The second-order valence-corrected chi connectivity index (χ2v) is 4.89. The number of rotatable bonds is 5. The zero-order chi connectivity index (χ0) is 13.1. The van der Waals surface area contributed by atoms with E-state index in [1.165, 1.54) is 4.68 Å². The van der Waals surface area contributed by atoms with Crippen molar-refractivity contribution in [2.75, 3.05) is 5.32 Å². The second-order valence-electron chi connectivity index (χ2n) is 4.51. The first kappa shape index (κ1) is 13.8. The van der Waals surface area contributed by atoms with Crippen LogP contribution in [0.1, 0.15) is 27.2 Å². The van der Waals surface area contributed by atoms with Gasteiger partial charge in [0.15, 0.2) is 0 Å². The molecule has 17 heavy (non-hydrogen) atoms. The molecule has 0 aliphatic rings. The third-order valence-corrected chi connectivity index (χ3v) is 3.01. The summed E-state index contributed by atoms with van der Waals surface area (Å²) in [5, 5.41) is 7.42. The second kappa shape index (κ2) is 5.36. The highest BCUT2D eigenvalue weighted by Gasteiger charge is 2.17. The van der Waals surface area contributed by atoms with Crippen LogP contribution in [-0.2, 0) is 6.54 Å². The van der Waals surface area contributed by atoms with E-state index in [1.54, 1.807) is 12.3 Å². The summed E-state index contributed by atoms with van der Waals surface area (Å²) in [6, 6.07) is 0. The molecule has 0 bridgehead atoms. The van der Waals surface area contributed by atoms with E-state index in [-0.39, 0.29) is 16.1 Å². The molecule has 0 spiro atoms. The molecular formula is C12H18ClN3O. The lowest BCUT2D eigenvalue weighted by molar-refractivity contribution is 0.545. The van der Waals surface area contributed by atoms with E-state index >= 15 is 0 Å². The molecule has 1 N–H and O–H groups in total. The SMILES string of the molecule is C=CCn1ncc(NC(C)(C)CC)c(Cl)c1=O. The van der Waals surface area contributed by atoms with Crippen LogP contribution in [0.15, 0.2) is 23.6 Å². The molecule has 0 aliphatic heterocycles. The van der Waals surface area contributed by atoms with Crippen LogP contribution in [0.2, 0.25) is 5.02 Å². The van der Waals surface area contributed by atoms with E-state index in [1.807, 2.05) is 13.8 Å². The highest BCUT2D eigenvalue weighted by atomic mass is 35.5. The summed E-state index contributed by atoms with van der Waals surface area (Å²) in [5.74, 6) is 0.